The van der Waals surface area contributed by atoms with Crippen LogP contribution in [-0.4, -0.2) is 26.2 Å². The van der Waals surface area contributed by atoms with Crippen LogP contribution in [0.1, 0.15) is 11.1 Å². The summed E-state index contributed by atoms with van der Waals surface area (Å²) in [6.45, 7) is 0. The zero-order valence-corrected chi connectivity index (χ0v) is 11.6. The van der Waals surface area contributed by atoms with Gasteiger partial charge in [-0.2, -0.15) is 0 Å². The van der Waals surface area contributed by atoms with E-state index in [1.54, 1.807) is 6.07 Å². The van der Waals surface area contributed by atoms with Crippen molar-refractivity contribution < 1.29 is 20.4 Å². The summed E-state index contributed by atoms with van der Waals surface area (Å²) >= 11 is 0. The van der Waals surface area contributed by atoms with Gasteiger partial charge in [-0.15, -0.1) is 0 Å². The Bertz CT molecular complexity index is 938. The molecule has 3 aromatic carbocycles. The largest absolute Gasteiger partial charge is 0.358 e. The fraction of sp³-hybridized carbons (Fsp3) is 0.111. The molecule has 1 aliphatic rings. The van der Waals surface area contributed by atoms with E-state index in [2.05, 4.69) is 0 Å². The molecule has 4 nitrogen and oxygen atoms in total. The lowest BCUT2D eigenvalue weighted by atomic mass is 9.84. The van der Waals surface area contributed by atoms with Crippen molar-refractivity contribution in [1.29, 1.82) is 0 Å². The van der Waals surface area contributed by atoms with Crippen LogP contribution in [0.3, 0.4) is 0 Å². The molecule has 0 atom stereocenters. The normalized spacial score (nSPS) is 18.5. The van der Waals surface area contributed by atoms with Crippen molar-refractivity contribution in [2.24, 2.45) is 0 Å². The van der Waals surface area contributed by atoms with E-state index in [0.717, 1.165) is 27.6 Å². The topological polar surface area (TPSA) is 80.9 Å². The number of hydrogen-bond acceptors (Lipinski definition) is 4. The van der Waals surface area contributed by atoms with Crippen molar-refractivity contribution in [3.05, 3.63) is 65.7 Å². The second-order valence-corrected chi connectivity index (χ2v) is 5.68. The molecule has 4 rings (SSSR count). The Labute approximate surface area is 126 Å². The summed E-state index contributed by atoms with van der Waals surface area (Å²) in [5.74, 6) is -5.47. The van der Waals surface area contributed by atoms with Gasteiger partial charge in [-0.05, 0) is 45.3 Å². The minimum Gasteiger partial charge on any atom is -0.358 e. The van der Waals surface area contributed by atoms with Crippen LogP contribution in [0.2, 0.25) is 0 Å². The van der Waals surface area contributed by atoms with Gasteiger partial charge in [-0.1, -0.05) is 42.5 Å². The molecule has 110 valence electrons. The molecule has 0 bridgehead atoms. The van der Waals surface area contributed by atoms with Crippen molar-refractivity contribution in [2.45, 2.75) is 11.6 Å². The molecule has 0 unspecified atom stereocenters. The first-order chi connectivity index (χ1) is 10.4. The SMILES string of the molecule is OC1(O)C=Cc2c(ccc3cc4ccccc4cc23)C1(O)O. The van der Waals surface area contributed by atoms with Crippen molar-refractivity contribution in [3.8, 4) is 0 Å². The van der Waals surface area contributed by atoms with Crippen molar-refractivity contribution in [1.82, 2.24) is 0 Å². The van der Waals surface area contributed by atoms with Crippen LogP contribution in [0, 0.1) is 0 Å². The molecule has 0 saturated heterocycles. The van der Waals surface area contributed by atoms with E-state index in [-0.39, 0.29) is 5.56 Å². The van der Waals surface area contributed by atoms with Crippen LogP contribution in [0.5, 0.6) is 0 Å². The van der Waals surface area contributed by atoms with Gasteiger partial charge in [-0.25, -0.2) is 0 Å². The minimum absolute atomic E-state index is 0.0720. The highest BCUT2D eigenvalue weighted by Gasteiger charge is 2.50. The molecule has 0 amide bonds. The van der Waals surface area contributed by atoms with Gasteiger partial charge in [0.1, 0.15) is 0 Å². The highest BCUT2D eigenvalue weighted by Crippen LogP contribution is 2.40. The number of rotatable bonds is 0. The average Bonchev–Trinajstić information content (AvgIpc) is 2.49. The van der Waals surface area contributed by atoms with Gasteiger partial charge in [0.2, 0.25) is 5.79 Å². The smallest absolute Gasteiger partial charge is 0.250 e. The summed E-state index contributed by atoms with van der Waals surface area (Å²) in [5.41, 5.74) is 0.648. The number of hydrogen-bond donors (Lipinski definition) is 4. The van der Waals surface area contributed by atoms with Crippen molar-refractivity contribution >= 4 is 27.6 Å². The van der Waals surface area contributed by atoms with Crippen LogP contribution in [0.15, 0.2) is 54.6 Å². The Morgan fingerprint density at radius 2 is 1.41 bits per heavy atom. The van der Waals surface area contributed by atoms with E-state index in [1.165, 1.54) is 12.1 Å². The van der Waals surface area contributed by atoms with Gasteiger partial charge in [0.15, 0.2) is 0 Å². The third kappa shape index (κ3) is 1.66. The van der Waals surface area contributed by atoms with Gasteiger partial charge in [0, 0.05) is 5.56 Å². The summed E-state index contributed by atoms with van der Waals surface area (Å²) in [5, 5.41) is 43.7. The van der Waals surface area contributed by atoms with Crippen molar-refractivity contribution in [3.63, 3.8) is 0 Å². The van der Waals surface area contributed by atoms with E-state index in [1.807, 2.05) is 36.4 Å². The lowest BCUT2D eigenvalue weighted by Crippen LogP contribution is -2.52. The molecule has 0 aromatic heterocycles. The first-order valence-electron chi connectivity index (χ1n) is 6.95. The van der Waals surface area contributed by atoms with E-state index in [9.17, 15) is 20.4 Å². The number of benzene rings is 3. The summed E-state index contributed by atoms with van der Waals surface area (Å²) in [7, 11) is 0. The molecule has 0 heterocycles. The maximum absolute atomic E-state index is 10.1. The monoisotopic (exact) mass is 294 g/mol. The summed E-state index contributed by atoms with van der Waals surface area (Å²) < 4.78 is 0. The Kier molecular flexibility index (Phi) is 2.53. The van der Waals surface area contributed by atoms with Crippen LogP contribution in [0.25, 0.3) is 27.6 Å². The molecule has 4 N–H and O–H groups in total. The first-order valence-corrected chi connectivity index (χ1v) is 6.95. The maximum atomic E-state index is 10.1. The van der Waals surface area contributed by atoms with Gasteiger partial charge in [-0.3, -0.25) is 0 Å². The predicted molar refractivity (Wildman–Crippen MR) is 83.8 cm³/mol. The molecular formula is C18H14O4. The number of fused-ring (bicyclic) bond motifs is 4. The lowest BCUT2D eigenvalue weighted by Gasteiger charge is -2.37. The van der Waals surface area contributed by atoms with Crippen LogP contribution in [0.4, 0.5) is 0 Å². The quantitative estimate of drug-likeness (QED) is 0.377. The third-order valence-corrected chi connectivity index (χ3v) is 4.30. The second-order valence-electron chi connectivity index (χ2n) is 5.68. The highest BCUT2D eigenvalue weighted by atomic mass is 16.6. The predicted octanol–water partition coefficient (Wildman–Crippen LogP) is 1.84. The van der Waals surface area contributed by atoms with Crippen LogP contribution in [-0.2, 0) is 5.79 Å². The Morgan fingerprint density at radius 3 is 2.14 bits per heavy atom. The molecule has 0 aliphatic heterocycles. The van der Waals surface area contributed by atoms with Crippen LogP contribution < -0.4 is 0 Å². The minimum atomic E-state index is -2.75. The summed E-state index contributed by atoms with van der Waals surface area (Å²) in [6, 6.07) is 15.1. The Balaban J connectivity index is 2.11. The Hall–Kier alpha value is -2.24. The molecule has 22 heavy (non-hydrogen) atoms. The highest BCUT2D eigenvalue weighted by molar-refractivity contribution is 6.02. The fourth-order valence-corrected chi connectivity index (χ4v) is 3.03. The van der Waals surface area contributed by atoms with Gasteiger partial charge < -0.3 is 20.4 Å². The standard InChI is InChI=1S/C18H14O4/c19-17(20)8-7-14-15-10-12-4-2-1-3-11(12)9-13(15)5-6-16(14)18(17,21)22/h1-10,19-22H. The van der Waals surface area contributed by atoms with E-state index in [0.29, 0.717) is 5.56 Å². The molecule has 0 spiro atoms. The molecule has 0 saturated carbocycles. The second kappa shape index (κ2) is 4.15. The maximum Gasteiger partial charge on any atom is 0.250 e. The van der Waals surface area contributed by atoms with Crippen molar-refractivity contribution in [2.75, 3.05) is 0 Å². The lowest BCUT2D eigenvalue weighted by molar-refractivity contribution is -0.343. The molecule has 3 aromatic rings. The summed E-state index contributed by atoms with van der Waals surface area (Å²) in [4.78, 5) is 0. The molecule has 1 aliphatic carbocycles. The fourth-order valence-electron chi connectivity index (χ4n) is 3.03. The van der Waals surface area contributed by atoms with E-state index < -0.39 is 11.6 Å². The molecule has 0 radical (unpaired) electrons. The van der Waals surface area contributed by atoms with Gasteiger partial charge >= 0.3 is 0 Å². The molecule has 4 heteroatoms. The van der Waals surface area contributed by atoms with Crippen LogP contribution >= 0.6 is 0 Å². The molecule has 0 fully saturated rings. The number of aliphatic hydroxyl groups is 4. The zero-order chi connectivity index (χ0) is 15.5. The average molecular weight is 294 g/mol. The zero-order valence-electron chi connectivity index (χ0n) is 11.6. The van der Waals surface area contributed by atoms with Gasteiger partial charge in [0.05, 0.1) is 0 Å². The molecular weight excluding hydrogens is 280 g/mol. The Morgan fingerprint density at radius 1 is 0.727 bits per heavy atom. The summed E-state index contributed by atoms with van der Waals surface area (Å²) in [6.07, 6.45) is 2.50. The van der Waals surface area contributed by atoms with Gasteiger partial charge in [0.25, 0.3) is 5.79 Å². The van der Waals surface area contributed by atoms with E-state index in [4.69, 9.17) is 0 Å². The third-order valence-electron chi connectivity index (χ3n) is 4.30. The first kappa shape index (κ1) is 13.4. The van der Waals surface area contributed by atoms with E-state index >= 15 is 0 Å².